The average molecular weight is 387 g/mol. The van der Waals surface area contributed by atoms with Crippen molar-refractivity contribution in [3.63, 3.8) is 0 Å². The second-order valence-corrected chi connectivity index (χ2v) is 6.72. The highest BCUT2D eigenvalue weighted by molar-refractivity contribution is 9.10. The van der Waals surface area contributed by atoms with Crippen molar-refractivity contribution in [1.29, 1.82) is 0 Å². The number of halogens is 1. The molecule has 1 N–H and O–H groups in total. The third-order valence-corrected chi connectivity index (χ3v) is 3.98. The lowest BCUT2D eigenvalue weighted by atomic mass is 10.2. The van der Waals surface area contributed by atoms with Gasteiger partial charge in [0.1, 0.15) is 12.3 Å². The van der Waals surface area contributed by atoms with Crippen LogP contribution in [0.25, 0.3) is 0 Å². The van der Waals surface area contributed by atoms with Crippen LogP contribution in [-0.4, -0.2) is 70.0 Å². The predicted octanol–water partition coefficient (Wildman–Crippen LogP) is 0.0190. The van der Waals surface area contributed by atoms with Gasteiger partial charge in [0, 0.05) is 31.2 Å². The first-order chi connectivity index (χ1) is 10.7. The number of hydrogen-bond donors (Lipinski definition) is 1. The second-order valence-electron chi connectivity index (χ2n) is 5.80. The van der Waals surface area contributed by atoms with E-state index in [0.29, 0.717) is 13.1 Å². The molecule has 2 amide bonds. The fourth-order valence-electron chi connectivity index (χ4n) is 2.10. The van der Waals surface area contributed by atoms with Gasteiger partial charge in [-0.1, -0.05) is 15.9 Å². The van der Waals surface area contributed by atoms with E-state index < -0.39 is 0 Å². The summed E-state index contributed by atoms with van der Waals surface area (Å²) in [5.74, 6) is 0.648. The molecule has 1 atom stereocenters. The van der Waals surface area contributed by atoms with Crippen LogP contribution in [0, 0.1) is 0 Å². The molecule has 7 heteroatoms. The number of ether oxygens (including phenoxy) is 1. The molecule has 0 aliphatic rings. The van der Waals surface area contributed by atoms with E-state index >= 15 is 0 Å². The molecule has 0 radical (unpaired) electrons. The molecule has 0 saturated carbocycles. The number of hydrogen-bond acceptors (Lipinski definition) is 3. The number of carbonyl (C=O) groups is 2. The molecule has 1 rings (SSSR count). The van der Waals surface area contributed by atoms with E-state index in [1.54, 1.807) is 28.3 Å². The topological polar surface area (TPSA) is 54.3 Å². The van der Waals surface area contributed by atoms with Crippen molar-refractivity contribution in [2.24, 2.45) is 0 Å². The zero-order valence-corrected chi connectivity index (χ0v) is 15.9. The Morgan fingerprint density at radius 1 is 1.22 bits per heavy atom. The van der Waals surface area contributed by atoms with E-state index in [2.05, 4.69) is 15.9 Å². The monoisotopic (exact) mass is 386 g/mol. The minimum atomic E-state index is -0.0906. The molecule has 0 spiro atoms. The number of benzene rings is 1. The smallest absolute Gasteiger partial charge is 0.277 e. The maximum Gasteiger partial charge on any atom is 0.277 e. The fourth-order valence-corrected chi connectivity index (χ4v) is 2.51. The first-order valence-electron chi connectivity index (χ1n) is 7.32. The Labute approximate surface area is 146 Å². The van der Waals surface area contributed by atoms with Gasteiger partial charge in [0.2, 0.25) is 5.91 Å². The molecule has 0 bridgehead atoms. The molecule has 0 aliphatic carbocycles. The first-order valence-corrected chi connectivity index (χ1v) is 8.11. The van der Waals surface area contributed by atoms with Crippen LogP contribution in [-0.2, 0) is 16.1 Å². The van der Waals surface area contributed by atoms with Crippen molar-refractivity contribution in [3.05, 3.63) is 28.2 Å². The van der Waals surface area contributed by atoms with Crippen molar-refractivity contribution in [1.82, 2.24) is 9.80 Å². The highest BCUT2D eigenvalue weighted by Crippen LogP contribution is 2.22. The van der Waals surface area contributed by atoms with Crippen LogP contribution < -0.4 is 9.64 Å². The van der Waals surface area contributed by atoms with Gasteiger partial charge in [-0.05, 0) is 18.2 Å². The maximum atomic E-state index is 12.2. The third kappa shape index (κ3) is 6.19. The summed E-state index contributed by atoms with van der Waals surface area (Å²) >= 11 is 3.45. The van der Waals surface area contributed by atoms with Crippen LogP contribution in [0.15, 0.2) is 22.7 Å². The molecule has 1 aromatic rings. The lowest BCUT2D eigenvalue weighted by Crippen LogP contribution is -3.08. The highest BCUT2D eigenvalue weighted by atomic mass is 79.9. The number of likely N-dealkylation sites (N-methyl/N-ethyl adjacent to an activating group) is 3. The molecule has 0 aromatic heterocycles. The number of nitrogens with zero attached hydrogens (tertiary/aromatic N) is 2. The molecule has 23 heavy (non-hydrogen) atoms. The number of nitrogens with one attached hydrogen (secondary N) is 1. The standard InChI is InChI=1S/C16H24BrN3O3/c1-18(2)15(21)11-20(4)16(22)10-19(3)9-12-8-13(17)6-7-14(12)23-5/h6-8H,9-11H2,1-5H3/p+1. The summed E-state index contributed by atoms with van der Waals surface area (Å²) in [6, 6.07) is 5.81. The van der Waals surface area contributed by atoms with E-state index in [1.165, 1.54) is 9.80 Å². The van der Waals surface area contributed by atoms with Gasteiger partial charge in [-0.3, -0.25) is 9.59 Å². The summed E-state index contributed by atoms with van der Waals surface area (Å²) in [6.07, 6.45) is 0. The average Bonchev–Trinajstić information content (AvgIpc) is 2.46. The minimum absolute atomic E-state index is 0.0633. The Hall–Kier alpha value is -1.60. The quantitative estimate of drug-likeness (QED) is 0.718. The number of quaternary nitrogens is 1. The van der Waals surface area contributed by atoms with Crippen LogP contribution in [0.1, 0.15) is 5.56 Å². The Morgan fingerprint density at radius 2 is 1.87 bits per heavy atom. The summed E-state index contributed by atoms with van der Waals surface area (Å²) in [6.45, 7) is 1.07. The zero-order chi connectivity index (χ0) is 17.6. The van der Waals surface area contributed by atoms with Crippen LogP contribution in [0.2, 0.25) is 0 Å². The van der Waals surface area contributed by atoms with Crippen molar-refractivity contribution < 1.29 is 19.2 Å². The summed E-state index contributed by atoms with van der Waals surface area (Å²) in [5, 5.41) is 0. The summed E-state index contributed by atoms with van der Waals surface area (Å²) in [5.41, 5.74) is 1.03. The molecule has 0 fully saturated rings. The van der Waals surface area contributed by atoms with Gasteiger partial charge in [0.05, 0.1) is 20.7 Å². The second kappa shape index (κ2) is 8.88. The molecule has 0 saturated heterocycles. The van der Waals surface area contributed by atoms with Crippen molar-refractivity contribution in [3.8, 4) is 5.75 Å². The van der Waals surface area contributed by atoms with Gasteiger partial charge in [-0.25, -0.2) is 0 Å². The predicted molar refractivity (Wildman–Crippen MR) is 92.5 cm³/mol. The van der Waals surface area contributed by atoms with E-state index in [0.717, 1.165) is 20.7 Å². The van der Waals surface area contributed by atoms with Crippen molar-refractivity contribution >= 4 is 27.7 Å². The van der Waals surface area contributed by atoms with Gasteiger partial charge < -0.3 is 19.4 Å². The number of rotatable bonds is 7. The normalized spacial score (nSPS) is 11.7. The Balaban J connectivity index is 2.62. The highest BCUT2D eigenvalue weighted by Gasteiger charge is 2.19. The van der Waals surface area contributed by atoms with Gasteiger partial charge in [-0.2, -0.15) is 0 Å². The van der Waals surface area contributed by atoms with Gasteiger partial charge in [-0.15, -0.1) is 0 Å². The van der Waals surface area contributed by atoms with Crippen LogP contribution in [0.5, 0.6) is 5.75 Å². The summed E-state index contributed by atoms with van der Waals surface area (Å²) in [7, 11) is 8.58. The Bertz CT molecular complexity index is 564. The summed E-state index contributed by atoms with van der Waals surface area (Å²) in [4.78, 5) is 27.8. The number of methoxy groups -OCH3 is 1. The first kappa shape index (κ1) is 19.4. The zero-order valence-electron chi connectivity index (χ0n) is 14.4. The maximum absolute atomic E-state index is 12.2. The van der Waals surface area contributed by atoms with Crippen molar-refractivity contribution in [2.75, 3.05) is 48.4 Å². The minimum Gasteiger partial charge on any atom is -0.496 e. The van der Waals surface area contributed by atoms with E-state index in [4.69, 9.17) is 4.74 Å². The lowest BCUT2D eigenvalue weighted by molar-refractivity contribution is -0.885. The fraction of sp³-hybridized carbons (Fsp3) is 0.500. The Morgan fingerprint density at radius 3 is 2.43 bits per heavy atom. The SMILES string of the molecule is COc1ccc(Br)cc1C[NH+](C)CC(=O)N(C)CC(=O)N(C)C. The summed E-state index contributed by atoms with van der Waals surface area (Å²) < 4.78 is 6.33. The number of carbonyl (C=O) groups excluding carboxylic acids is 2. The van der Waals surface area contributed by atoms with Crippen molar-refractivity contribution in [2.45, 2.75) is 6.54 Å². The van der Waals surface area contributed by atoms with Gasteiger partial charge in [0.25, 0.3) is 5.91 Å². The number of amides is 2. The molecule has 1 aromatic carbocycles. The Kier molecular flexibility index (Phi) is 7.51. The lowest BCUT2D eigenvalue weighted by Gasteiger charge is -2.21. The van der Waals surface area contributed by atoms with Crippen LogP contribution >= 0.6 is 15.9 Å². The van der Waals surface area contributed by atoms with E-state index in [9.17, 15) is 9.59 Å². The molecular weight excluding hydrogens is 362 g/mol. The van der Waals surface area contributed by atoms with E-state index in [1.807, 2.05) is 25.2 Å². The van der Waals surface area contributed by atoms with Crippen LogP contribution in [0.3, 0.4) is 0 Å². The molecule has 0 aliphatic heterocycles. The van der Waals surface area contributed by atoms with Crippen LogP contribution in [0.4, 0.5) is 0 Å². The molecule has 128 valence electrons. The molecular formula is C16H25BrN3O3+. The largest absolute Gasteiger partial charge is 0.496 e. The van der Waals surface area contributed by atoms with E-state index in [-0.39, 0.29) is 18.4 Å². The molecule has 6 nitrogen and oxygen atoms in total. The van der Waals surface area contributed by atoms with Gasteiger partial charge in [0.15, 0.2) is 6.54 Å². The third-order valence-electron chi connectivity index (χ3n) is 3.48. The molecule has 0 heterocycles. The molecule has 1 unspecified atom stereocenters. The van der Waals surface area contributed by atoms with Gasteiger partial charge >= 0.3 is 0 Å².